The molecule has 220 valence electrons. The molecule has 4 heterocycles. The van der Waals surface area contributed by atoms with Gasteiger partial charge in [-0.3, -0.25) is 14.3 Å². The van der Waals surface area contributed by atoms with Gasteiger partial charge in [0.25, 0.3) is 5.91 Å². The Balaban J connectivity index is 1.39. The van der Waals surface area contributed by atoms with Crippen molar-refractivity contribution in [2.24, 2.45) is 0 Å². The zero-order chi connectivity index (χ0) is 29.4. The summed E-state index contributed by atoms with van der Waals surface area (Å²) in [5.74, 6) is -3.48. The number of carbonyl (C=O) groups is 2. The van der Waals surface area contributed by atoms with E-state index in [0.29, 0.717) is 51.1 Å². The standard InChI is InChI=1S/C30H31F2N5O5/c1-34-13-15-35(16-14-34)30(40)42-18-41-28-23(38)17-33-37-26(22-11-6-12-36(22)29(39)27(28)37)24(19-7-3-2-4-8-19)20-9-5-10-21(31)25(20)32/h2-5,7-10,17,22,24,26H,6,11-16,18H2,1H3/t22-,24-,26-/m1/s1. The average Bonchev–Trinajstić information content (AvgIpc) is 3.49. The lowest BCUT2D eigenvalue weighted by Crippen LogP contribution is -2.51. The van der Waals surface area contributed by atoms with Gasteiger partial charge < -0.3 is 24.2 Å². The zero-order valence-electron chi connectivity index (χ0n) is 23.1. The van der Waals surface area contributed by atoms with Gasteiger partial charge in [-0.2, -0.15) is 5.10 Å². The molecule has 0 aliphatic carbocycles. The average molecular weight is 580 g/mol. The third kappa shape index (κ3) is 5.00. The Labute approximate surface area is 241 Å². The first kappa shape index (κ1) is 27.8. The highest BCUT2D eigenvalue weighted by Gasteiger charge is 2.49. The summed E-state index contributed by atoms with van der Waals surface area (Å²) >= 11 is 0. The van der Waals surface area contributed by atoms with Crippen molar-refractivity contribution in [1.29, 1.82) is 0 Å². The Morgan fingerprint density at radius 3 is 2.55 bits per heavy atom. The fraction of sp³-hybridized carbons (Fsp3) is 0.400. The molecule has 2 amide bonds. The van der Waals surface area contributed by atoms with Crippen LogP contribution >= 0.6 is 0 Å². The van der Waals surface area contributed by atoms with Crippen LogP contribution < -0.4 is 10.2 Å². The summed E-state index contributed by atoms with van der Waals surface area (Å²) in [7, 11) is 1.96. The maximum atomic E-state index is 15.4. The number of rotatable bonds is 6. The van der Waals surface area contributed by atoms with E-state index in [1.807, 2.05) is 37.4 Å². The Morgan fingerprint density at radius 2 is 1.79 bits per heavy atom. The molecule has 3 aromatic rings. The number of amides is 2. The van der Waals surface area contributed by atoms with Crippen molar-refractivity contribution in [2.75, 3.05) is 46.6 Å². The quantitative estimate of drug-likeness (QED) is 0.414. The van der Waals surface area contributed by atoms with Crippen LogP contribution in [0.3, 0.4) is 0 Å². The second-order valence-electron chi connectivity index (χ2n) is 10.8. The van der Waals surface area contributed by atoms with Gasteiger partial charge in [-0.05, 0) is 31.5 Å². The molecule has 2 aromatic carbocycles. The maximum absolute atomic E-state index is 15.4. The van der Waals surface area contributed by atoms with Crippen molar-refractivity contribution in [3.05, 3.63) is 93.4 Å². The van der Waals surface area contributed by atoms with E-state index in [2.05, 4.69) is 10.00 Å². The molecule has 3 aliphatic heterocycles. The highest BCUT2D eigenvalue weighted by molar-refractivity contribution is 5.96. The summed E-state index contributed by atoms with van der Waals surface area (Å²) in [5, 5.41) is 4.36. The minimum Gasteiger partial charge on any atom is -0.451 e. The molecule has 0 saturated carbocycles. The first-order valence-corrected chi connectivity index (χ1v) is 14.0. The lowest BCUT2D eigenvalue weighted by Gasteiger charge is -2.42. The van der Waals surface area contributed by atoms with Crippen molar-refractivity contribution in [3.63, 3.8) is 0 Å². The number of piperazine rings is 1. The van der Waals surface area contributed by atoms with E-state index in [1.54, 1.807) is 9.80 Å². The molecule has 0 spiro atoms. The van der Waals surface area contributed by atoms with Gasteiger partial charge in [0, 0.05) is 44.2 Å². The van der Waals surface area contributed by atoms with Gasteiger partial charge in [-0.1, -0.05) is 42.5 Å². The molecule has 0 unspecified atom stereocenters. The predicted octanol–water partition coefficient (Wildman–Crippen LogP) is 3.23. The van der Waals surface area contributed by atoms with Crippen LogP contribution in [0.4, 0.5) is 13.6 Å². The van der Waals surface area contributed by atoms with Crippen molar-refractivity contribution < 1.29 is 27.8 Å². The van der Waals surface area contributed by atoms with Crippen LogP contribution in [-0.4, -0.2) is 89.1 Å². The number of halogens is 2. The second-order valence-corrected chi connectivity index (χ2v) is 10.8. The van der Waals surface area contributed by atoms with Gasteiger partial charge in [0.1, 0.15) is 0 Å². The minimum absolute atomic E-state index is 0.112. The van der Waals surface area contributed by atoms with Crippen LogP contribution in [0.5, 0.6) is 5.75 Å². The van der Waals surface area contributed by atoms with Gasteiger partial charge in [-0.15, -0.1) is 0 Å². The largest absolute Gasteiger partial charge is 0.451 e. The van der Waals surface area contributed by atoms with Crippen molar-refractivity contribution >= 4 is 12.0 Å². The van der Waals surface area contributed by atoms with E-state index in [1.165, 1.54) is 16.8 Å². The van der Waals surface area contributed by atoms with Crippen LogP contribution in [-0.2, 0) is 4.74 Å². The van der Waals surface area contributed by atoms with Gasteiger partial charge >= 0.3 is 6.09 Å². The third-order valence-corrected chi connectivity index (χ3v) is 8.37. The number of nitrogens with zero attached hydrogens (tertiary/aromatic N) is 5. The Morgan fingerprint density at radius 1 is 1.02 bits per heavy atom. The topological polar surface area (TPSA) is 97.2 Å². The van der Waals surface area contributed by atoms with E-state index in [-0.39, 0.29) is 17.0 Å². The number of benzene rings is 2. The van der Waals surface area contributed by atoms with Crippen molar-refractivity contribution in [1.82, 2.24) is 24.5 Å². The van der Waals surface area contributed by atoms with E-state index in [9.17, 15) is 18.8 Å². The van der Waals surface area contributed by atoms with Crippen LogP contribution in [0, 0.1) is 11.6 Å². The highest BCUT2D eigenvalue weighted by atomic mass is 19.2. The fourth-order valence-corrected chi connectivity index (χ4v) is 6.28. The smallest absolute Gasteiger partial charge is 0.412 e. The molecule has 0 N–H and O–H groups in total. The number of likely N-dealkylation sites (N-methyl/N-ethyl adjacent to an activating group) is 1. The molecule has 2 saturated heterocycles. The van der Waals surface area contributed by atoms with Gasteiger partial charge in [-0.25, -0.2) is 13.6 Å². The normalized spacial score (nSPS) is 21.1. The molecule has 3 aliphatic rings. The molecule has 10 nitrogen and oxygen atoms in total. The molecule has 0 bridgehead atoms. The summed E-state index contributed by atoms with van der Waals surface area (Å²) in [5.41, 5.74) is 0.0412. The molecular weight excluding hydrogens is 548 g/mol. The lowest BCUT2D eigenvalue weighted by atomic mass is 9.79. The first-order chi connectivity index (χ1) is 20.3. The summed E-state index contributed by atoms with van der Waals surface area (Å²) in [6, 6.07) is 12.1. The number of ether oxygens (including phenoxy) is 2. The molecule has 0 radical (unpaired) electrons. The summed E-state index contributed by atoms with van der Waals surface area (Å²) in [6.45, 7) is 2.24. The minimum atomic E-state index is -0.984. The van der Waals surface area contributed by atoms with Crippen LogP contribution in [0.1, 0.15) is 46.4 Å². The third-order valence-electron chi connectivity index (χ3n) is 8.37. The number of fused-ring (bicyclic) bond motifs is 2. The predicted molar refractivity (Wildman–Crippen MR) is 147 cm³/mol. The van der Waals surface area contributed by atoms with E-state index in [4.69, 9.17) is 9.47 Å². The Hall–Kier alpha value is -4.32. The lowest BCUT2D eigenvalue weighted by molar-refractivity contribution is 0.0234. The SMILES string of the molecule is CN1CCN(C(=O)OCOc2c3n(ncc2=O)[C@@H]([C@H](c2ccccc2)c2cccc(F)c2F)[C@H]2CCCN2C3=O)CC1. The molecule has 42 heavy (non-hydrogen) atoms. The monoisotopic (exact) mass is 579 g/mol. The van der Waals surface area contributed by atoms with Crippen LogP contribution in [0.15, 0.2) is 59.5 Å². The second kappa shape index (κ2) is 11.5. The molecule has 12 heteroatoms. The van der Waals surface area contributed by atoms with Gasteiger partial charge in [0.05, 0.1) is 18.3 Å². The Bertz CT molecular complexity index is 1540. The first-order valence-electron chi connectivity index (χ1n) is 14.0. The van der Waals surface area contributed by atoms with E-state index >= 15 is 4.39 Å². The van der Waals surface area contributed by atoms with Crippen molar-refractivity contribution in [2.45, 2.75) is 30.8 Å². The number of aromatic nitrogens is 2. The summed E-state index contributed by atoms with van der Waals surface area (Å²) in [4.78, 5) is 44.7. The molecular formula is C30H31F2N5O5. The Kier molecular flexibility index (Phi) is 7.63. The molecule has 3 atom stereocenters. The van der Waals surface area contributed by atoms with Crippen LogP contribution in [0.2, 0.25) is 0 Å². The van der Waals surface area contributed by atoms with Crippen LogP contribution in [0.25, 0.3) is 0 Å². The molecule has 1 aromatic heterocycles. The summed E-state index contributed by atoms with van der Waals surface area (Å²) < 4.78 is 42.4. The maximum Gasteiger partial charge on any atom is 0.412 e. The van der Waals surface area contributed by atoms with E-state index in [0.717, 1.165) is 12.3 Å². The molecule has 2 fully saturated rings. The summed E-state index contributed by atoms with van der Waals surface area (Å²) in [6.07, 6.45) is 1.76. The fourth-order valence-electron chi connectivity index (χ4n) is 6.28. The van der Waals surface area contributed by atoms with Gasteiger partial charge in [0.15, 0.2) is 17.3 Å². The van der Waals surface area contributed by atoms with Gasteiger partial charge in [0.2, 0.25) is 18.0 Å². The highest BCUT2D eigenvalue weighted by Crippen LogP contribution is 2.46. The van der Waals surface area contributed by atoms with Crippen molar-refractivity contribution in [3.8, 4) is 5.75 Å². The zero-order valence-corrected chi connectivity index (χ0v) is 23.1. The van der Waals surface area contributed by atoms with E-state index < -0.39 is 53.9 Å². The number of carbonyl (C=O) groups excluding carboxylic acids is 2. The number of hydrogen-bond donors (Lipinski definition) is 0. The number of hydrogen-bond acceptors (Lipinski definition) is 7. The molecule has 6 rings (SSSR count).